The van der Waals surface area contributed by atoms with Crippen LogP contribution in [0.15, 0.2) is 164 Å². The van der Waals surface area contributed by atoms with Gasteiger partial charge in [-0.3, -0.25) is 0 Å². The number of pyridine rings is 1. The number of imidazole rings is 1. The quantitative estimate of drug-likeness (QED) is 0.184. The van der Waals surface area contributed by atoms with Gasteiger partial charge in [0.15, 0.2) is 17.5 Å². The van der Waals surface area contributed by atoms with Gasteiger partial charge >= 0.3 is 0 Å². The number of nitrogens with zero attached hydrogens (tertiary/aromatic N) is 5. The lowest BCUT2D eigenvalue weighted by Crippen LogP contribution is -2.01. The van der Waals surface area contributed by atoms with E-state index in [-0.39, 0.29) is 0 Å². The maximum atomic E-state index is 5.13. The minimum Gasteiger partial charge on any atom is -0.306 e. The molecule has 0 aliphatic heterocycles. The van der Waals surface area contributed by atoms with Gasteiger partial charge in [-0.1, -0.05) is 127 Å². The van der Waals surface area contributed by atoms with Crippen LogP contribution in [0.3, 0.4) is 0 Å². The lowest BCUT2D eigenvalue weighted by molar-refractivity contribution is 1.07. The molecule has 9 rings (SSSR count). The Balaban J connectivity index is 1.19. The second-order valence-corrected chi connectivity index (χ2v) is 11.6. The van der Waals surface area contributed by atoms with E-state index in [0.717, 1.165) is 50.1 Å². The molecule has 0 unspecified atom stereocenters. The predicted molar refractivity (Wildman–Crippen MR) is 191 cm³/mol. The molecule has 3 heterocycles. The van der Waals surface area contributed by atoms with Crippen molar-refractivity contribution in [3.05, 3.63) is 164 Å². The van der Waals surface area contributed by atoms with E-state index in [4.69, 9.17) is 19.9 Å². The van der Waals surface area contributed by atoms with Crippen molar-refractivity contribution < 1.29 is 0 Å². The molecule has 0 aliphatic carbocycles. The number of aromatic nitrogens is 5. The third kappa shape index (κ3) is 4.91. The first kappa shape index (κ1) is 26.9. The molecule has 0 N–H and O–H groups in total. The van der Waals surface area contributed by atoms with E-state index < -0.39 is 0 Å². The minimum absolute atomic E-state index is 0.626. The highest BCUT2D eigenvalue weighted by atomic mass is 15.0. The third-order valence-corrected chi connectivity index (χ3v) is 8.67. The Hall–Kier alpha value is -6.46. The average Bonchev–Trinajstić information content (AvgIpc) is 3.59. The van der Waals surface area contributed by atoms with Gasteiger partial charge in [0.2, 0.25) is 0 Å². The van der Waals surface area contributed by atoms with Gasteiger partial charge in [-0.2, -0.15) is 0 Å². The molecule has 0 fully saturated rings. The maximum absolute atomic E-state index is 5.13. The summed E-state index contributed by atoms with van der Waals surface area (Å²) in [7, 11) is 0. The lowest BCUT2D eigenvalue weighted by Gasteiger charge is -2.13. The molecule has 0 saturated carbocycles. The van der Waals surface area contributed by atoms with Crippen LogP contribution in [-0.4, -0.2) is 24.3 Å². The largest absolute Gasteiger partial charge is 0.306 e. The van der Waals surface area contributed by atoms with Crippen molar-refractivity contribution in [3.8, 4) is 56.5 Å². The van der Waals surface area contributed by atoms with Gasteiger partial charge in [0.25, 0.3) is 0 Å². The van der Waals surface area contributed by atoms with Crippen LogP contribution in [0.2, 0.25) is 0 Å². The highest BCUT2D eigenvalue weighted by Gasteiger charge is 2.17. The molecule has 3 aromatic heterocycles. The molecular formula is C42H27N5. The van der Waals surface area contributed by atoms with Crippen molar-refractivity contribution in [1.29, 1.82) is 0 Å². The molecular weight excluding hydrogens is 574 g/mol. The summed E-state index contributed by atoms with van der Waals surface area (Å²) in [5.74, 6) is 1.90. The molecule has 5 nitrogen and oxygen atoms in total. The number of fused-ring (bicyclic) bond motifs is 4. The molecule has 0 saturated heterocycles. The fraction of sp³-hybridized carbons (Fsp3) is 0. The Morgan fingerprint density at radius 3 is 1.96 bits per heavy atom. The summed E-state index contributed by atoms with van der Waals surface area (Å²) in [6, 6.07) is 52.3. The van der Waals surface area contributed by atoms with Crippen LogP contribution < -0.4 is 0 Å². The summed E-state index contributed by atoms with van der Waals surface area (Å²) in [6.07, 6.45) is 4.09. The zero-order valence-corrected chi connectivity index (χ0v) is 25.3. The first-order chi connectivity index (χ1) is 23.3. The molecule has 0 radical (unpaired) electrons. The predicted octanol–water partition coefficient (Wildman–Crippen LogP) is 10.2. The normalized spacial score (nSPS) is 11.4. The SMILES string of the molecule is c1ccc(-c2nc(-c3ccc4c(ccc5ccccc54)c3)nc(-c3ccccc3-c3cccc(-c4cn5ccccc5n4)c3)n2)cc1. The van der Waals surface area contributed by atoms with Crippen LogP contribution >= 0.6 is 0 Å². The third-order valence-electron chi connectivity index (χ3n) is 8.67. The standard InChI is InChI=1S/C42H27N5/c1-2-12-29(13-3-1)40-44-41(33-22-23-36-31(26-33)21-20-28-11-4-5-16-34(28)36)46-42(45-40)37-18-7-6-17-35(37)30-14-10-15-32(25-30)38-27-47-24-9-8-19-39(47)43-38/h1-27H. The van der Waals surface area contributed by atoms with Crippen LogP contribution in [0, 0.1) is 0 Å². The van der Waals surface area contributed by atoms with Gasteiger partial charge in [0, 0.05) is 34.6 Å². The summed E-state index contributed by atoms with van der Waals surface area (Å²) in [5, 5.41) is 4.81. The fourth-order valence-electron chi connectivity index (χ4n) is 6.34. The van der Waals surface area contributed by atoms with Gasteiger partial charge in [-0.05, 0) is 56.9 Å². The van der Waals surface area contributed by atoms with Crippen molar-refractivity contribution in [2.75, 3.05) is 0 Å². The zero-order chi connectivity index (χ0) is 31.2. The highest BCUT2D eigenvalue weighted by Crippen LogP contribution is 2.35. The van der Waals surface area contributed by atoms with E-state index in [1.54, 1.807) is 0 Å². The summed E-state index contributed by atoms with van der Waals surface area (Å²) in [6.45, 7) is 0. The van der Waals surface area contributed by atoms with E-state index >= 15 is 0 Å². The van der Waals surface area contributed by atoms with Crippen LogP contribution in [0.4, 0.5) is 0 Å². The molecule has 9 aromatic rings. The molecule has 0 spiro atoms. The molecule has 220 valence electrons. The van der Waals surface area contributed by atoms with Crippen LogP contribution in [-0.2, 0) is 0 Å². The summed E-state index contributed by atoms with van der Waals surface area (Å²) in [5.41, 5.74) is 7.82. The Morgan fingerprint density at radius 2 is 1.06 bits per heavy atom. The molecule has 0 amide bonds. The molecule has 5 heteroatoms. The molecule has 0 atom stereocenters. The second kappa shape index (κ2) is 11.2. The summed E-state index contributed by atoms with van der Waals surface area (Å²) < 4.78 is 2.04. The van der Waals surface area contributed by atoms with E-state index in [0.29, 0.717) is 17.5 Å². The van der Waals surface area contributed by atoms with Gasteiger partial charge < -0.3 is 4.40 Å². The number of benzene rings is 6. The maximum Gasteiger partial charge on any atom is 0.164 e. The Bertz CT molecular complexity index is 2550. The minimum atomic E-state index is 0.626. The van der Waals surface area contributed by atoms with Crippen molar-refractivity contribution in [2.24, 2.45) is 0 Å². The lowest BCUT2D eigenvalue weighted by atomic mass is 9.97. The zero-order valence-electron chi connectivity index (χ0n) is 25.3. The smallest absolute Gasteiger partial charge is 0.164 e. The number of hydrogen-bond acceptors (Lipinski definition) is 4. The number of rotatable bonds is 5. The van der Waals surface area contributed by atoms with Crippen molar-refractivity contribution in [1.82, 2.24) is 24.3 Å². The average molecular weight is 602 g/mol. The van der Waals surface area contributed by atoms with Crippen molar-refractivity contribution >= 4 is 27.2 Å². The molecule has 0 aliphatic rings. The Labute approximate surface area is 271 Å². The highest BCUT2D eigenvalue weighted by molar-refractivity contribution is 6.08. The molecule has 6 aromatic carbocycles. The monoisotopic (exact) mass is 601 g/mol. The first-order valence-corrected chi connectivity index (χ1v) is 15.6. The number of hydrogen-bond donors (Lipinski definition) is 0. The van der Waals surface area contributed by atoms with E-state index in [1.165, 1.54) is 16.2 Å². The summed E-state index contributed by atoms with van der Waals surface area (Å²) >= 11 is 0. The van der Waals surface area contributed by atoms with Crippen molar-refractivity contribution in [2.45, 2.75) is 0 Å². The Kier molecular flexibility index (Phi) is 6.39. The van der Waals surface area contributed by atoms with Crippen LogP contribution in [0.5, 0.6) is 0 Å². The van der Waals surface area contributed by atoms with Gasteiger partial charge in [0.05, 0.1) is 5.69 Å². The van der Waals surface area contributed by atoms with Crippen molar-refractivity contribution in [3.63, 3.8) is 0 Å². The van der Waals surface area contributed by atoms with Gasteiger partial charge in [0.1, 0.15) is 5.65 Å². The topological polar surface area (TPSA) is 56.0 Å². The van der Waals surface area contributed by atoms with E-state index in [1.807, 2.05) is 65.2 Å². The molecule has 47 heavy (non-hydrogen) atoms. The van der Waals surface area contributed by atoms with E-state index in [9.17, 15) is 0 Å². The van der Waals surface area contributed by atoms with Gasteiger partial charge in [-0.25, -0.2) is 19.9 Å². The van der Waals surface area contributed by atoms with Crippen LogP contribution in [0.1, 0.15) is 0 Å². The van der Waals surface area contributed by atoms with Crippen LogP contribution in [0.25, 0.3) is 83.7 Å². The fourth-order valence-corrected chi connectivity index (χ4v) is 6.34. The molecule has 0 bridgehead atoms. The second-order valence-electron chi connectivity index (χ2n) is 11.6. The van der Waals surface area contributed by atoms with Gasteiger partial charge in [-0.15, -0.1) is 0 Å². The van der Waals surface area contributed by atoms with E-state index in [2.05, 4.69) is 103 Å². The Morgan fingerprint density at radius 1 is 0.383 bits per heavy atom. The first-order valence-electron chi connectivity index (χ1n) is 15.6. The summed E-state index contributed by atoms with van der Waals surface area (Å²) in [4.78, 5) is 20.1.